The summed E-state index contributed by atoms with van der Waals surface area (Å²) in [5.74, 6) is 0.306. The molecule has 2 rings (SSSR count). The molecule has 1 aliphatic heterocycles. The van der Waals surface area contributed by atoms with Crippen molar-refractivity contribution < 1.29 is 9.66 Å². The van der Waals surface area contributed by atoms with Gasteiger partial charge in [-0.05, 0) is 37.5 Å². The van der Waals surface area contributed by atoms with Crippen LogP contribution in [0.1, 0.15) is 31.4 Å². The predicted molar refractivity (Wildman–Crippen MR) is 69.3 cm³/mol. The fraction of sp³-hybridized carbons (Fsp3) is 0.429. The highest BCUT2D eigenvalue weighted by Crippen LogP contribution is 2.37. The highest BCUT2D eigenvalue weighted by atomic mass is 16.6. The molecule has 0 aliphatic carbocycles. The summed E-state index contributed by atoms with van der Waals surface area (Å²) < 4.78 is 5.81. The smallest absolute Gasteiger partial charge is 0.269 e. The molecule has 0 spiro atoms. The Morgan fingerprint density at radius 1 is 1.44 bits per heavy atom. The lowest BCUT2D eigenvalue weighted by Crippen LogP contribution is -2.23. The van der Waals surface area contributed by atoms with E-state index in [1.807, 2.05) is 6.92 Å². The maximum Gasteiger partial charge on any atom is 0.269 e. The summed E-state index contributed by atoms with van der Waals surface area (Å²) in [6, 6.07) is 6.62. The highest BCUT2D eigenvalue weighted by Gasteiger charge is 2.28. The van der Waals surface area contributed by atoms with Crippen LogP contribution >= 0.6 is 0 Å². The van der Waals surface area contributed by atoms with E-state index in [4.69, 9.17) is 4.74 Å². The maximum atomic E-state index is 10.6. The number of nitrogens with zero attached hydrogens (tertiary/aromatic N) is 1. The van der Waals surface area contributed by atoms with E-state index in [-0.39, 0.29) is 16.7 Å². The van der Waals surface area contributed by atoms with Crippen LogP contribution in [0, 0.1) is 16.0 Å². The minimum absolute atomic E-state index is 0.0166. The highest BCUT2D eigenvalue weighted by molar-refractivity contribution is 5.34. The Morgan fingerprint density at radius 3 is 2.67 bits per heavy atom. The molecular weight excluding hydrogens is 230 g/mol. The SMILES string of the molecule is C=C(C)[C@@H]1CCCO[C@H]1c1ccc([N+](=O)[O-])cc1. The van der Waals surface area contributed by atoms with Gasteiger partial charge < -0.3 is 4.74 Å². The van der Waals surface area contributed by atoms with Crippen LogP contribution in [0.3, 0.4) is 0 Å². The molecule has 0 bridgehead atoms. The van der Waals surface area contributed by atoms with Crippen LogP contribution in [-0.2, 0) is 4.74 Å². The molecule has 1 heterocycles. The van der Waals surface area contributed by atoms with Gasteiger partial charge in [0.25, 0.3) is 5.69 Å². The molecule has 0 unspecified atom stereocenters. The molecule has 1 fully saturated rings. The third kappa shape index (κ3) is 2.59. The first-order valence-corrected chi connectivity index (χ1v) is 6.11. The molecule has 1 aromatic rings. The molecule has 0 N–H and O–H groups in total. The Bertz CT molecular complexity index is 453. The van der Waals surface area contributed by atoms with Crippen molar-refractivity contribution in [3.63, 3.8) is 0 Å². The molecule has 18 heavy (non-hydrogen) atoms. The lowest BCUT2D eigenvalue weighted by Gasteiger charge is -2.32. The molecule has 0 radical (unpaired) electrons. The number of nitro groups is 1. The third-order valence-corrected chi connectivity index (χ3v) is 3.39. The molecular formula is C14H17NO3. The van der Waals surface area contributed by atoms with Crippen molar-refractivity contribution in [2.24, 2.45) is 5.92 Å². The van der Waals surface area contributed by atoms with Gasteiger partial charge in [-0.1, -0.05) is 12.2 Å². The third-order valence-electron chi connectivity index (χ3n) is 3.39. The van der Waals surface area contributed by atoms with Gasteiger partial charge in [-0.2, -0.15) is 0 Å². The van der Waals surface area contributed by atoms with Crippen LogP contribution in [0.15, 0.2) is 36.4 Å². The zero-order chi connectivity index (χ0) is 13.1. The molecule has 0 aromatic heterocycles. The molecule has 0 amide bonds. The van der Waals surface area contributed by atoms with E-state index in [2.05, 4.69) is 6.58 Å². The summed E-state index contributed by atoms with van der Waals surface area (Å²) in [5, 5.41) is 10.6. The van der Waals surface area contributed by atoms with Crippen LogP contribution in [0.5, 0.6) is 0 Å². The molecule has 96 valence electrons. The van der Waals surface area contributed by atoms with Gasteiger partial charge in [-0.25, -0.2) is 0 Å². The first kappa shape index (κ1) is 12.8. The Hall–Kier alpha value is -1.68. The van der Waals surface area contributed by atoms with Crippen molar-refractivity contribution in [2.45, 2.75) is 25.9 Å². The summed E-state index contributed by atoms with van der Waals surface area (Å²) in [6.45, 7) is 6.77. The quantitative estimate of drug-likeness (QED) is 0.465. The summed E-state index contributed by atoms with van der Waals surface area (Å²) in [5.41, 5.74) is 2.22. The Kier molecular flexibility index (Phi) is 3.77. The molecule has 1 aromatic carbocycles. The molecule has 1 saturated heterocycles. The molecule has 4 heteroatoms. The second-order valence-corrected chi connectivity index (χ2v) is 4.74. The van der Waals surface area contributed by atoms with Gasteiger partial charge in [-0.15, -0.1) is 0 Å². The van der Waals surface area contributed by atoms with E-state index in [1.54, 1.807) is 12.1 Å². The van der Waals surface area contributed by atoms with E-state index in [0.29, 0.717) is 5.92 Å². The summed E-state index contributed by atoms with van der Waals surface area (Å²) in [7, 11) is 0. The number of hydrogen-bond donors (Lipinski definition) is 0. The zero-order valence-corrected chi connectivity index (χ0v) is 10.5. The van der Waals surface area contributed by atoms with E-state index in [0.717, 1.165) is 30.6 Å². The van der Waals surface area contributed by atoms with Gasteiger partial charge in [0.1, 0.15) is 0 Å². The summed E-state index contributed by atoms with van der Waals surface area (Å²) in [4.78, 5) is 10.2. The fourth-order valence-corrected chi connectivity index (χ4v) is 2.40. The van der Waals surface area contributed by atoms with Crippen molar-refractivity contribution in [2.75, 3.05) is 6.61 Å². The largest absolute Gasteiger partial charge is 0.373 e. The maximum absolute atomic E-state index is 10.6. The summed E-state index contributed by atoms with van der Waals surface area (Å²) >= 11 is 0. The van der Waals surface area contributed by atoms with Gasteiger partial charge in [0, 0.05) is 24.7 Å². The summed E-state index contributed by atoms with van der Waals surface area (Å²) in [6.07, 6.45) is 2.09. The minimum atomic E-state index is -0.387. The average molecular weight is 247 g/mol. The van der Waals surface area contributed by atoms with Crippen molar-refractivity contribution in [1.29, 1.82) is 0 Å². The molecule has 2 atom stereocenters. The average Bonchev–Trinajstić information content (AvgIpc) is 2.39. The Labute approximate surface area is 106 Å². The zero-order valence-electron chi connectivity index (χ0n) is 10.5. The van der Waals surface area contributed by atoms with Gasteiger partial charge in [0.05, 0.1) is 11.0 Å². The van der Waals surface area contributed by atoms with Gasteiger partial charge >= 0.3 is 0 Å². The standard InChI is InChI=1S/C14H17NO3/c1-10(2)13-4-3-9-18-14(13)11-5-7-12(8-6-11)15(16)17/h5-8,13-14H,1,3-4,9H2,2H3/t13-,14-/m0/s1. The number of hydrogen-bond acceptors (Lipinski definition) is 3. The fourth-order valence-electron chi connectivity index (χ4n) is 2.40. The number of ether oxygens (including phenoxy) is 1. The van der Waals surface area contributed by atoms with E-state index < -0.39 is 0 Å². The first-order valence-electron chi connectivity index (χ1n) is 6.11. The Morgan fingerprint density at radius 2 is 2.11 bits per heavy atom. The van der Waals surface area contributed by atoms with Crippen molar-refractivity contribution in [1.82, 2.24) is 0 Å². The number of non-ortho nitro benzene ring substituents is 1. The van der Waals surface area contributed by atoms with Crippen molar-refractivity contribution >= 4 is 5.69 Å². The topological polar surface area (TPSA) is 52.4 Å². The van der Waals surface area contributed by atoms with Gasteiger partial charge in [-0.3, -0.25) is 10.1 Å². The predicted octanol–water partition coefficient (Wildman–Crippen LogP) is 3.64. The van der Waals surface area contributed by atoms with Crippen LogP contribution in [0.4, 0.5) is 5.69 Å². The monoisotopic (exact) mass is 247 g/mol. The van der Waals surface area contributed by atoms with Crippen LogP contribution in [-0.4, -0.2) is 11.5 Å². The van der Waals surface area contributed by atoms with Crippen LogP contribution in [0.2, 0.25) is 0 Å². The lowest BCUT2D eigenvalue weighted by atomic mass is 9.85. The van der Waals surface area contributed by atoms with Crippen molar-refractivity contribution in [3.8, 4) is 0 Å². The molecule has 1 aliphatic rings. The second-order valence-electron chi connectivity index (χ2n) is 4.74. The number of nitro benzene ring substituents is 1. The second kappa shape index (κ2) is 5.31. The number of benzene rings is 1. The lowest BCUT2D eigenvalue weighted by molar-refractivity contribution is -0.384. The van der Waals surface area contributed by atoms with E-state index in [1.165, 1.54) is 12.1 Å². The molecule has 0 saturated carbocycles. The number of rotatable bonds is 3. The van der Waals surface area contributed by atoms with Crippen LogP contribution < -0.4 is 0 Å². The first-order chi connectivity index (χ1) is 8.59. The van der Waals surface area contributed by atoms with Gasteiger partial charge in [0.2, 0.25) is 0 Å². The van der Waals surface area contributed by atoms with E-state index >= 15 is 0 Å². The minimum Gasteiger partial charge on any atom is -0.373 e. The molecule has 4 nitrogen and oxygen atoms in total. The Balaban J connectivity index is 2.23. The van der Waals surface area contributed by atoms with Crippen molar-refractivity contribution in [3.05, 3.63) is 52.1 Å². The van der Waals surface area contributed by atoms with Gasteiger partial charge in [0.15, 0.2) is 0 Å². The normalized spacial score (nSPS) is 23.6. The van der Waals surface area contributed by atoms with Crippen LogP contribution in [0.25, 0.3) is 0 Å². The van der Waals surface area contributed by atoms with E-state index in [9.17, 15) is 10.1 Å².